The second-order valence-electron chi connectivity index (χ2n) is 7.67. The summed E-state index contributed by atoms with van der Waals surface area (Å²) in [5.74, 6) is 1.11. The second-order valence-corrected chi connectivity index (χ2v) is 7.67. The van der Waals surface area contributed by atoms with Crippen LogP contribution in [0.4, 0.5) is 5.69 Å². The third-order valence-corrected chi connectivity index (χ3v) is 6.00. The summed E-state index contributed by atoms with van der Waals surface area (Å²) in [5.41, 5.74) is 1.93. The van der Waals surface area contributed by atoms with Gasteiger partial charge in [-0.05, 0) is 44.4 Å². The van der Waals surface area contributed by atoms with Crippen LogP contribution in [-0.2, 0) is 19.5 Å². The van der Waals surface area contributed by atoms with Crippen LogP contribution in [0.2, 0.25) is 0 Å². The third-order valence-electron chi connectivity index (χ3n) is 6.00. The Kier molecular flexibility index (Phi) is 5.62. The summed E-state index contributed by atoms with van der Waals surface area (Å²) in [5, 5.41) is 10.4. The summed E-state index contributed by atoms with van der Waals surface area (Å²) in [6, 6.07) is 8.16. The number of anilines is 1. The van der Waals surface area contributed by atoms with E-state index >= 15 is 0 Å². The number of methoxy groups -OCH3 is 1. The van der Waals surface area contributed by atoms with Gasteiger partial charge in [0.25, 0.3) is 0 Å². The smallest absolute Gasteiger partial charge is 0.331 e. The van der Waals surface area contributed by atoms with Crippen molar-refractivity contribution in [2.24, 2.45) is 0 Å². The molecule has 7 nitrogen and oxygen atoms in total. The van der Waals surface area contributed by atoms with E-state index in [2.05, 4.69) is 15.9 Å². The third kappa shape index (κ3) is 3.63. The molecule has 0 unspecified atom stereocenters. The average molecular weight is 386 g/mol. The SMILES string of the molecule is COc1ccccc1N1CCN(CCCn2c(O)c3n(c2=O)CCCC3)CC1. The zero-order valence-corrected chi connectivity index (χ0v) is 16.6. The number of ether oxygens (including phenoxy) is 1. The van der Waals surface area contributed by atoms with E-state index in [1.807, 2.05) is 18.2 Å². The van der Waals surface area contributed by atoms with Crippen molar-refractivity contribution in [2.45, 2.75) is 38.8 Å². The van der Waals surface area contributed by atoms with Crippen molar-refractivity contribution in [3.05, 3.63) is 40.4 Å². The number of rotatable bonds is 6. The summed E-state index contributed by atoms with van der Waals surface area (Å²) in [6.45, 7) is 6.16. The molecule has 1 aromatic carbocycles. The molecule has 3 heterocycles. The molecule has 7 heteroatoms. The van der Waals surface area contributed by atoms with E-state index < -0.39 is 0 Å². The van der Waals surface area contributed by atoms with Gasteiger partial charge in [-0.3, -0.25) is 14.0 Å². The number of hydrogen-bond acceptors (Lipinski definition) is 5. The summed E-state index contributed by atoms with van der Waals surface area (Å²) in [4.78, 5) is 17.3. The van der Waals surface area contributed by atoms with Crippen molar-refractivity contribution >= 4 is 5.69 Å². The first-order valence-corrected chi connectivity index (χ1v) is 10.3. The van der Waals surface area contributed by atoms with Crippen LogP contribution in [-0.4, -0.2) is 59.0 Å². The Bertz CT molecular complexity index is 865. The topological polar surface area (TPSA) is 62.9 Å². The zero-order chi connectivity index (χ0) is 19.5. The minimum Gasteiger partial charge on any atom is -0.495 e. The molecular formula is C21H30N4O3. The molecule has 1 fully saturated rings. The number of piperazine rings is 1. The lowest BCUT2D eigenvalue weighted by molar-refractivity contribution is 0.247. The van der Waals surface area contributed by atoms with E-state index in [0.717, 1.165) is 82.1 Å². The molecular weight excluding hydrogens is 356 g/mol. The Morgan fingerprint density at radius 3 is 2.57 bits per heavy atom. The molecule has 1 aromatic heterocycles. The molecule has 0 atom stereocenters. The van der Waals surface area contributed by atoms with E-state index in [-0.39, 0.29) is 11.6 Å². The van der Waals surface area contributed by atoms with Gasteiger partial charge in [0.1, 0.15) is 5.75 Å². The molecule has 0 spiro atoms. The van der Waals surface area contributed by atoms with E-state index in [1.165, 1.54) is 0 Å². The van der Waals surface area contributed by atoms with Crippen molar-refractivity contribution in [1.29, 1.82) is 0 Å². The molecule has 0 bridgehead atoms. The predicted molar refractivity (Wildman–Crippen MR) is 110 cm³/mol. The van der Waals surface area contributed by atoms with Crippen LogP contribution in [0, 0.1) is 0 Å². The minimum absolute atomic E-state index is 0.0480. The highest BCUT2D eigenvalue weighted by Crippen LogP contribution is 2.28. The van der Waals surface area contributed by atoms with Gasteiger partial charge in [-0.25, -0.2) is 4.79 Å². The summed E-state index contributed by atoms with van der Waals surface area (Å²) in [6.07, 6.45) is 3.74. The summed E-state index contributed by atoms with van der Waals surface area (Å²) >= 11 is 0. The Balaban J connectivity index is 1.30. The highest BCUT2D eigenvalue weighted by molar-refractivity contribution is 5.58. The van der Waals surface area contributed by atoms with E-state index in [0.29, 0.717) is 6.54 Å². The number of fused-ring (bicyclic) bond motifs is 1. The number of aromatic nitrogens is 2. The Morgan fingerprint density at radius 2 is 1.82 bits per heavy atom. The predicted octanol–water partition coefficient (Wildman–Crippen LogP) is 1.91. The van der Waals surface area contributed by atoms with Crippen molar-refractivity contribution in [3.8, 4) is 11.6 Å². The van der Waals surface area contributed by atoms with Crippen LogP contribution >= 0.6 is 0 Å². The molecule has 1 N–H and O–H groups in total. The molecule has 2 aliphatic rings. The number of hydrogen-bond donors (Lipinski definition) is 1. The highest BCUT2D eigenvalue weighted by Gasteiger charge is 2.22. The fourth-order valence-electron chi connectivity index (χ4n) is 4.43. The quantitative estimate of drug-likeness (QED) is 0.822. The van der Waals surface area contributed by atoms with Crippen LogP contribution < -0.4 is 15.3 Å². The summed E-state index contributed by atoms with van der Waals surface area (Å²) < 4.78 is 8.80. The van der Waals surface area contributed by atoms with Crippen LogP contribution in [0.15, 0.2) is 29.1 Å². The fourth-order valence-corrected chi connectivity index (χ4v) is 4.43. The van der Waals surface area contributed by atoms with Crippen LogP contribution in [0.3, 0.4) is 0 Å². The largest absolute Gasteiger partial charge is 0.495 e. The summed E-state index contributed by atoms with van der Waals surface area (Å²) in [7, 11) is 1.71. The molecule has 152 valence electrons. The standard InChI is InChI=1S/C21H30N4O3/c1-28-19-9-3-2-7-17(19)23-15-13-22(14-16-23)10-6-12-25-20(26)18-8-4-5-11-24(18)21(25)27/h2-3,7,9,26H,4-6,8,10-16H2,1H3. The van der Waals surface area contributed by atoms with E-state index in [4.69, 9.17) is 4.74 Å². The second kappa shape index (κ2) is 8.31. The molecule has 2 aromatic rings. The van der Waals surface area contributed by atoms with Crippen molar-refractivity contribution < 1.29 is 9.84 Å². The molecule has 28 heavy (non-hydrogen) atoms. The molecule has 0 radical (unpaired) electrons. The van der Waals surface area contributed by atoms with Gasteiger partial charge in [0.2, 0.25) is 5.88 Å². The zero-order valence-electron chi connectivity index (χ0n) is 16.6. The van der Waals surface area contributed by atoms with Gasteiger partial charge in [0.05, 0.1) is 18.5 Å². The molecule has 1 saturated heterocycles. The van der Waals surface area contributed by atoms with Gasteiger partial charge in [-0.15, -0.1) is 0 Å². The lowest BCUT2D eigenvalue weighted by atomic mass is 10.1. The van der Waals surface area contributed by atoms with Crippen molar-refractivity contribution in [3.63, 3.8) is 0 Å². The average Bonchev–Trinajstić information content (AvgIpc) is 2.99. The maximum absolute atomic E-state index is 12.5. The molecule has 4 rings (SSSR count). The van der Waals surface area contributed by atoms with Crippen LogP contribution in [0.5, 0.6) is 11.6 Å². The number of benzene rings is 1. The molecule has 0 aliphatic carbocycles. The Hall–Kier alpha value is -2.41. The van der Waals surface area contributed by atoms with Gasteiger partial charge >= 0.3 is 5.69 Å². The lowest BCUT2D eigenvalue weighted by Gasteiger charge is -2.36. The van der Waals surface area contributed by atoms with Crippen LogP contribution in [0.25, 0.3) is 0 Å². The number of para-hydroxylation sites is 2. The van der Waals surface area contributed by atoms with Gasteiger partial charge in [-0.2, -0.15) is 0 Å². The minimum atomic E-state index is -0.0480. The van der Waals surface area contributed by atoms with Crippen LogP contribution in [0.1, 0.15) is 25.0 Å². The number of nitrogens with zero attached hydrogens (tertiary/aromatic N) is 4. The first-order valence-electron chi connectivity index (χ1n) is 10.3. The van der Waals surface area contributed by atoms with Gasteiger partial charge in [-0.1, -0.05) is 12.1 Å². The Morgan fingerprint density at radius 1 is 1.04 bits per heavy atom. The van der Waals surface area contributed by atoms with Crippen molar-refractivity contribution in [1.82, 2.24) is 14.0 Å². The molecule has 2 aliphatic heterocycles. The molecule has 0 amide bonds. The highest BCUT2D eigenvalue weighted by atomic mass is 16.5. The fraction of sp³-hybridized carbons (Fsp3) is 0.571. The number of aromatic hydroxyl groups is 1. The van der Waals surface area contributed by atoms with E-state index in [1.54, 1.807) is 16.2 Å². The van der Waals surface area contributed by atoms with Gasteiger partial charge < -0.3 is 14.7 Å². The monoisotopic (exact) mass is 386 g/mol. The van der Waals surface area contributed by atoms with E-state index in [9.17, 15) is 9.90 Å². The van der Waals surface area contributed by atoms with Gasteiger partial charge in [0, 0.05) is 39.3 Å². The maximum Gasteiger partial charge on any atom is 0.331 e. The first kappa shape index (κ1) is 18.9. The maximum atomic E-state index is 12.5. The first-order chi connectivity index (χ1) is 13.7. The lowest BCUT2D eigenvalue weighted by Crippen LogP contribution is -2.46. The van der Waals surface area contributed by atoms with Crippen molar-refractivity contribution in [2.75, 3.05) is 44.7 Å². The Labute approximate surface area is 165 Å². The molecule has 0 saturated carbocycles. The normalized spacial score (nSPS) is 17.5. The number of imidazole rings is 1. The van der Waals surface area contributed by atoms with Gasteiger partial charge in [0.15, 0.2) is 0 Å².